The van der Waals surface area contributed by atoms with Gasteiger partial charge in [0.25, 0.3) is 0 Å². The second-order valence-corrected chi connectivity index (χ2v) is 10.0. The molecule has 1 aliphatic rings. The van der Waals surface area contributed by atoms with Crippen LogP contribution in [0.15, 0.2) is 85.1 Å². The standard InChI is InChI=1S/C31H33N5OS/c1-4-23-12-8-9-16-27(23)36-21(2)20-25(22(36)3)30-29(26-15-10-11-18-32-26)34-31(38)35(30)19-17-28(37)33-24-13-6-5-7-14-24/h5-16,18,20,29-30H,4,17,19H2,1-3H3,(H,33,37)(H,34,38). The summed E-state index contributed by atoms with van der Waals surface area (Å²) < 4.78 is 2.34. The third kappa shape index (κ3) is 5.07. The first-order valence-electron chi connectivity index (χ1n) is 13.1. The Morgan fingerprint density at radius 3 is 2.50 bits per heavy atom. The number of anilines is 1. The van der Waals surface area contributed by atoms with E-state index >= 15 is 0 Å². The Balaban J connectivity index is 1.50. The number of nitrogens with zero attached hydrogens (tertiary/aromatic N) is 3. The molecule has 0 radical (unpaired) electrons. The lowest BCUT2D eigenvalue weighted by atomic mass is 9.96. The van der Waals surface area contributed by atoms with Gasteiger partial charge in [-0.05, 0) is 80.0 Å². The van der Waals surface area contributed by atoms with Crippen LogP contribution in [0, 0.1) is 13.8 Å². The van der Waals surface area contributed by atoms with Gasteiger partial charge in [0, 0.05) is 41.9 Å². The van der Waals surface area contributed by atoms with Crippen LogP contribution in [0.3, 0.4) is 0 Å². The third-order valence-corrected chi connectivity index (χ3v) is 7.59. The first kappa shape index (κ1) is 25.7. The molecule has 0 aliphatic carbocycles. The zero-order chi connectivity index (χ0) is 26.6. The van der Waals surface area contributed by atoms with Crippen molar-refractivity contribution in [1.29, 1.82) is 0 Å². The van der Waals surface area contributed by atoms with Crippen LogP contribution in [0.2, 0.25) is 0 Å². The van der Waals surface area contributed by atoms with Crippen molar-refractivity contribution >= 4 is 28.9 Å². The third-order valence-electron chi connectivity index (χ3n) is 7.24. The number of aryl methyl sites for hydroxylation is 2. The highest BCUT2D eigenvalue weighted by molar-refractivity contribution is 7.80. The SMILES string of the molecule is CCc1ccccc1-n1c(C)cc(C2C(c3ccccn3)NC(=S)N2CCC(=O)Nc2ccccc2)c1C. The van der Waals surface area contributed by atoms with Gasteiger partial charge in [-0.1, -0.05) is 49.4 Å². The maximum Gasteiger partial charge on any atom is 0.226 e. The Bertz CT molecular complexity index is 1430. The molecule has 1 saturated heterocycles. The molecule has 2 unspecified atom stereocenters. The second-order valence-electron chi connectivity index (χ2n) is 9.63. The number of hydrogen-bond acceptors (Lipinski definition) is 3. The van der Waals surface area contributed by atoms with Gasteiger partial charge < -0.3 is 20.1 Å². The molecule has 5 rings (SSSR count). The van der Waals surface area contributed by atoms with Gasteiger partial charge in [-0.15, -0.1) is 0 Å². The Morgan fingerprint density at radius 2 is 1.76 bits per heavy atom. The second kappa shape index (κ2) is 11.2. The summed E-state index contributed by atoms with van der Waals surface area (Å²) >= 11 is 5.84. The number of para-hydroxylation sites is 2. The Kier molecular flexibility index (Phi) is 7.56. The number of rotatable bonds is 8. The highest BCUT2D eigenvalue weighted by atomic mass is 32.1. The van der Waals surface area contributed by atoms with Crippen LogP contribution in [0.4, 0.5) is 5.69 Å². The lowest BCUT2D eigenvalue weighted by Gasteiger charge is -2.28. The van der Waals surface area contributed by atoms with Crippen LogP contribution in [-0.2, 0) is 11.2 Å². The summed E-state index contributed by atoms with van der Waals surface area (Å²) in [5, 5.41) is 7.14. The predicted molar refractivity (Wildman–Crippen MR) is 156 cm³/mol. The van der Waals surface area contributed by atoms with Crippen LogP contribution in [0.25, 0.3) is 5.69 Å². The maximum atomic E-state index is 12.8. The van der Waals surface area contributed by atoms with Crippen molar-refractivity contribution in [2.75, 3.05) is 11.9 Å². The van der Waals surface area contributed by atoms with E-state index in [0.29, 0.717) is 18.1 Å². The molecule has 2 atom stereocenters. The van der Waals surface area contributed by atoms with E-state index in [4.69, 9.17) is 12.2 Å². The monoisotopic (exact) mass is 523 g/mol. The number of carbonyl (C=O) groups is 1. The van der Waals surface area contributed by atoms with Crippen molar-refractivity contribution < 1.29 is 4.79 Å². The van der Waals surface area contributed by atoms with Gasteiger partial charge in [-0.25, -0.2) is 0 Å². The number of nitrogens with one attached hydrogen (secondary N) is 2. The quantitative estimate of drug-likeness (QED) is 0.275. The van der Waals surface area contributed by atoms with Crippen molar-refractivity contribution in [1.82, 2.24) is 19.8 Å². The smallest absolute Gasteiger partial charge is 0.226 e. The molecule has 38 heavy (non-hydrogen) atoms. The molecule has 0 spiro atoms. The molecule has 2 aromatic carbocycles. The molecule has 6 nitrogen and oxygen atoms in total. The van der Waals surface area contributed by atoms with Gasteiger partial charge in [-0.3, -0.25) is 9.78 Å². The topological polar surface area (TPSA) is 62.2 Å². The summed E-state index contributed by atoms with van der Waals surface area (Å²) in [5.41, 5.74) is 7.73. The Labute approximate surface area is 229 Å². The van der Waals surface area contributed by atoms with Gasteiger partial charge in [0.05, 0.1) is 17.8 Å². The highest BCUT2D eigenvalue weighted by Crippen LogP contribution is 2.41. The van der Waals surface area contributed by atoms with Crippen molar-refractivity contribution in [3.05, 3.63) is 113 Å². The van der Waals surface area contributed by atoms with Gasteiger partial charge in [0.15, 0.2) is 5.11 Å². The van der Waals surface area contributed by atoms with Crippen LogP contribution in [0.5, 0.6) is 0 Å². The van der Waals surface area contributed by atoms with Gasteiger partial charge >= 0.3 is 0 Å². The first-order chi connectivity index (χ1) is 18.5. The highest BCUT2D eigenvalue weighted by Gasteiger charge is 2.41. The fraction of sp³-hybridized carbons (Fsp3) is 0.258. The lowest BCUT2D eigenvalue weighted by molar-refractivity contribution is -0.116. The number of hydrogen-bond donors (Lipinski definition) is 2. The minimum Gasteiger partial charge on any atom is -0.352 e. The van der Waals surface area contributed by atoms with Crippen LogP contribution >= 0.6 is 12.2 Å². The molecule has 2 aromatic heterocycles. The molecule has 0 bridgehead atoms. The van der Waals surface area contributed by atoms with E-state index < -0.39 is 0 Å². The lowest BCUT2D eigenvalue weighted by Crippen LogP contribution is -2.32. The predicted octanol–water partition coefficient (Wildman–Crippen LogP) is 6.05. The van der Waals surface area contributed by atoms with Gasteiger partial charge in [-0.2, -0.15) is 0 Å². The largest absolute Gasteiger partial charge is 0.352 e. The van der Waals surface area contributed by atoms with Crippen molar-refractivity contribution in [3.63, 3.8) is 0 Å². The molecule has 7 heteroatoms. The van der Waals surface area contributed by atoms with Crippen LogP contribution < -0.4 is 10.6 Å². The molecule has 3 heterocycles. The first-order valence-corrected chi connectivity index (χ1v) is 13.5. The van der Waals surface area contributed by atoms with E-state index in [2.05, 4.69) is 76.2 Å². The molecule has 1 aliphatic heterocycles. The molecule has 1 amide bonds. The fourth-order valence-corrected chi connectivity index (χ4v) is 5.77. The zero-order valence-electron chi connectivity index (χ0n) is 22.0. The normalized spacial score (nSPS) is 16.9. The van der Waals surface area contributed by atoms with Gasteiger partial charge in [0.2, 0.25) is 5.91 Å². The van der Waals surface area contributed by atoms with Crippen molar-refractivity contribution in [2.45, 2.75) is 45.7 Å². The average Bonchev–Trinajstić information content (AvgIpc) is 3.42. The van der Waals surface area contributed by atoms with E-state index in [1.54, 1.807) is 0 Å². The molecule has 194 valence electrons. The summed E-state index contributed by atoms with van der Waals surface area (Å²) in [5.74, 6) is -0.0404. The average molecular weight is 524 g/mol. The van der Waals surface area contributed by atoms with E-state index in [9.17, 15) is 4.79 Å². The molecule has 0 saturated carbocycles. The van der Waals surface area contributed by atoms with E-state index in [1.807, 2.05) is 54.7 Å². The minimum absolute atomic E-state index is 0.0404. The Hall–Kier alpha value is -3.97. The minimum atomic E-state index is -0.128. The number of aromatic nitrogens is 2. The van der Waals surface area contributed by atoms with Gasteiger partial charge in [0.1, 0.15) is 0 Å². The van der Waals surface area contributed by atoms with Crippen molar-refractivity contribution in [2.24, 2.45) is 0 Å². The van der Waals surface area contributed by atoms with Crippen LogP contribution in [0.1, 0.15) is 53.6 Å². The fourth-order valence-electron chi connectivity index (χ4n) is 5.44. The zero-order valence-corrected chi connectivity index (χ0v) is 22.8. The van der Waals surface area contributed by atoms with Crippen molar-refractivity contribution in [3.8, 4) is 5.69 Å². The van der Waals surface area contributed by atoms with E-state index in [-0.39, 0.29) is 18.0 Å². The van der Waals surface area contributed by atoms with E-state index in [0.717, 1.165) is 23.5 Å². The number of amides is 1. The summed E-state index contributed by atoms with van der Waals surface area (Å²) in [6.45, 7) is 7.00. The summed E-state index contributed by atoms with van der Waals surface area (Å²) in [4.78, 5) is 19.6. The van der Waals surface area contributed by atoms with E-state index in [1.165, 1.54) is 22.5 Å². The number of thiocarbonyl (C=S) groups is 1. The number of benzene rings is 2. The number of pyridine rings is 1. The molecular weight excluding hydrogens is 490 g/mol. The number of carbonyl (C=O) groups excluding carboxylic acids is 1. The molecule has 1 fully saturated rings. The Morgan fingerprint density at radius 1 is 1.03 bits per heavy atom. The summed E-state index contributed by atoms with van der Waals surface area (Å²) in [6, 6.07) is 26.1. The maximum absolute atomic E-state index is 12.8. The molecule has 2 N–H and O–H groups in total. The van der Waals surface area contributed by atoms with Crippen LogP contribution in [-0.4, -0.2) is 32.0 Å². The molecular formula is C31H33N5OS. The summed E-state index contributed by atoms with van der Waals surface area (Å²) in [6.07, 6.45) is 3.09. The summed E-state index contributed by atoms with van der Waals surface area (Å²) in [7, 11) is 0. The molecule has 4 aromatic rings.